The SMILES string of the molecule is CC(N)Cc1ccc(-c2ccc(C3(C#N)CC3)cc2F)cc1. The summed E-state index contributed by atoms with van der Waals surface area (Å²) in [7, 11) is 0. The van der Waals surface area contributed by atoms with Crippen LogP contribution in [0.1, 0.15) is 30.9 Å². The number of rotatable bonds is 4. The van der Waals surface area contributed by atoms with Crippen LogP contribution in [0.4, 0.5) is 4.39 Å². The molecule has 0 spiro atoms. The minimum atomic E-state index is -0.444. The lowest BCUT2D eigenvalue weighted by Crippen LogP contribution is -2.17. The zero-order valence-corrected chi connectivity index (χ0v) is 12.6. The van der Waals surface area contributed by atoms with Crippen LogP contribution in [-0.4, -0.2) is 6.04 Å². The first kappa shape index (κ1) is 14.7. The van der Waals surface area contributed by atoms with Gasteiger partial charge in [0.05, 0.1) is 11.5 Å². The van der Waals surface area contributed by atoms with Crippen LogP contribution < -0.4 is 5.73 Å². The highest BCUT2D eigenvalue weighted by molar-refractivity contribution is 5.65. The van der Waals surface area contributed by atoms with Gasteiger partial charge in [-0.05, 0) is 48.9 Å². The second-order valence-electron chi connectivity index (χ2n) is 6.27. The first-order chi connectivity index (χ1) is 10.5. The largest absolute Gasteiger partial charge is 0.328 e. The molecule has 0 amide bonds. The van der Waals surface area contributed by atoms with Gasteiger partial charge in [-0.3, -0.25) is 0 Å². The predicted octanol–water partition coefficient (Wildman–Crippen LogP) is 3.94. The molecule has 1 saturated carbocycles. The second-order valence-corrected chi connectivity index (χ2v) is 6.27. The summed E-state index contributed by atoms with van der Waals surface area (Å²) < 4.78 is 14.4. The third-order valence-corrected chi connectivity index (χ3v) is 4.31. The number of hydrogen-bond acceptors (Lipinski definition) is 2. The van der Waals surface area contributed by atoms with Crippen LogP contribution in [0.2, 0.25) is 0 Å². The van der Waals surface area contributed by atoms with Gasteiger partial charge in [0.25, 0.3) is 0 Å². The molecule has 22 heavy (non-hydrogen) atoms. The normalized spacial score (nSPS) is 16.8. The Morgan fingerprint density at radius 1 is 1.23 bits per heavy atom. The Labute approximate surface area is 130 Å². The van der Waals surface area contributed by atoms with Crippen molar-refractivity contribution in [2.75, 3.05) is 0 Å². The van der Waals surface area contributed by atoms with Gasteiger partial charge in [0.1, 0.15) is 5.82 Å². The number of nitriles is 1. The average molecular weight is 294 g/mol. The fourth-order valence-corrected chi connectivity index (χ4v) is 2.83. The Morgan fingerprint density at radius 3 is 2.41 bits per heavy atom. The van der Waals surface area contributed by atoms with Crippen molar-refractivity contribution in [3.63, 3.8) is 0 Å². The van der Waals surface area contributed by atoms with E-state index in [1.807, 2.05) is 37.3 Å². The standard InChI is InChI=1S/C19H19FN2/c1-13(22)10-14-2-4-15(5-3-14)17-7-6-16(11-18(17)20)19(12-21)8-9-19/h2-7,11,13H,8-10,22H2,1H3. The number of halogens is 1. The van der Waals surface area contributed by atoms with Crippen molar-refractivity contribution in [1.82, 2.24) is 0 Å². The highest BCUT2D eigenvalue weighted by atomic mass is 19.1. The predicted molar refractivity (Wildman–Crippen MR) is 85.7 cm³/mol. The summed E-state index contributed by atoms with van der Waals surface area (Å²) >= 11 is 0. The maximum atomic E-state index is 14.4. The molecule has 2 aromatic carbocycles. The zero-order chi connectivity index (χ0) is 15.7. The molecule has 0 saturated heterocycles. The van der Waals surface area contributed by atoms with Crippen LogP contribution in [-0.2, 0) is 11.8 Å². The van der Waals surface area contributed by atoms with E-state index in [2.05, 4.69) is 6.07 Å². The molecule has 1 atom stereocenters. The molecular formula is C19H19FN2. The van der Waals surface area contributed by atoms with E-state index in [0.717, 1.165) is 36.0 Å². The zero-order valence-electron chi connectivity index (χ0n) is 12.6. The smallest absolute Gasteiger partial charge is 0.131 e. The van der Waals surface area contributed by atoms with E-state index in [-0.39, 0.29) is 11.9 Å². The lowest BCUT2D eigenvalue weighted by molar-refractivity contribution is 0.627. The van der Waals surface area contributed by atoms with Crippen molar-refractivity contribution in [2.24, 2.45) is 5.73 Å². The van der Waals surface area contributed by atoms with Gasteiger partial charge in [-0.1, -0.05) is 36.4 Å². The lowest BCUT2D eigenvalue weighted by Gasteiger charge is -2.10. The fraction of sp³-hybridized carbons (Fsp3) is 0.316. The van der Waals surface area contributed by atoms with Crippen LogP contribution >= 0.6 is 0 Å². The maximum Gasteiger partial charge on any atom is 0.131 e. The summed E-state index contributed by atoms with van der Waals surface area (Å²) in [5, 5.41) is 9.21. The van der Waals surface area contributed by atoms with E-state index in [0.29, 0.717) is 5.56 Å². The van der Waals surface area contributed by atoms with E-state index in [1.165, 1.54) is 6.07 Å². The van der Waals surface area contributed by atoms with Crippen LogP contribution in [0.15, 0.2) is 42.5 Å². The molecular weight excluding hydrogens is 275 g/mol. The summed E-state index contributed by atoms with van der Waals surface area (Å²) in [5.41, 5.74) is 8.71. The molecule has 2 N–H and O–H groups in total. The topological polar surface area (TPSA) is 49.8 Å². The molecule has 0 bridgehead atoms. The Hall–Kier alpha value is -2.18. The van der Waals surface area contributed by atoms with Crippen LogP contribution in [0, 0.1) is 17.1 Å². The summed E-state index contributed by atoms with van der Waals surface area (Å²) in [6.07, 6.45) is 2.47. The number of benzene rings is 2. The first-order valence-corrected chi connectivity index (χ1v) is 7.60. The molecule has 3 rings (SSSR count). The van der Waals surface area contributed by atoms with E-state index in [1.54, 1.807) is 6.07 Å². The molecule has 112 valence electrons. The Balaban J connectivity index is 1.88. The summed E-state index contributed by atoms with van der Waals surface area (Å²) in [6.45, 7) is 1.97. The van der Waals surface area contributed by atoms with Gasteiger partial charge >= 0.3 is 0 Å². The molecule has 0 aromatic heterocycles. The minimum absolute atomic E-state index is 0.114. The molecule has 3 heteroatoms. The average Bonchev–Trinajstić information content (AvgIpc) is 3.29. The van der Waals surface area contributed by atoms with E-state index in [4.69, 9.17) is 5.73 Å². The van der Waals surface area contributed by atoms with Crippen molar-refractivity contribution in [3.05, 3.63) is 59.4 Å². The second kappa shape index (κ2) is 5.55. The molecule has 1 aliphatic rings. The van der Waals surface area contributed by atoms with Crippen molar-refractivity contribution in [2.45, 2.75) is 37.6 Å². The monoisotopic (exact) mass is 294 g/mol. The highest BCUT2D eigenvalue weighted by Crippen LogP contribution is 2.48. The van der Waals surface area contributed by atoms with Gasteiger partial charge in [-0.25, -0.2) is 4.39 Å². The summed E-state index contributed by atoms with van der Waals surface area (Å²) in [5.74, 6) is -0.265. The van der Waals surface area contributed by atoms with E-state index < -0.39 is 5.41 Å². The van der Waals surface area contributed by atoms with Gasteiger partial charge in [-0.2, -0.15) is 5.26 Å². The minimum Gasteiger partial charge on any atom is -0.328 e. The Kier molecular flexibility index (Phi) is 3.72. The van der Waals surface area contributed by atoms with Crippen molar-refractivity contribution in [1.29, 1.82) is 5.26 Å². The van der Waals surface area contributed by atoms with E-state index >= 15 is 0 Å². The molecule has 0 aliphatic heterocycles. The third-order valence-electron chi connectivity index (χ3n) is 4.31. The van der Waals surface area contributed by atoms with Crippen molar-refractivity contribution in [3.8, 4) is 17.2 Å². The fourth-order valence-electron chi connectivity index (χ4n) is 2.83. The van der Waals surface area contributed by atoms with Gasteiger partial charge in [0.2, 0.25) is 0 Å². The van der Waals surface area contributed by atoms with E-state index in [9.17, 15) is 9.65 Å². The molecule has 1 fully saturated rings. The van der Waals surface area contributed by atoms with Crippen LogP contribution in [0.25, 0.3) is 11.1 Å². The summed E-state index contributed by atoms with van der Waals surface area (Å²) in [4.78, 5) is 0. The molecule has 0 heterocycles. The molecule has 2 nitrogen and oxygen atoms in total. The van der Waals surface area contributed by atoms with Gasteiger partial charge in [-0.15, -0.1) is 0 Å². The quantitative estimate of drug-likeness (QED) is 0.928. The maximum absolute atomic E-state index is 14.4. The Bertz CT molecular complexity index is 722. The number of nitrogens with two attached hydrogens (primary N) is 1. The Morgan fingerprint density at radius 2 is 1.91 bits per heavy atom. The van der Waals surface area contributed by atoms with Crippen molar-refractivity contribution < 1.29 is 4.39 Å². The molecule has 1 unspecified atom stereocenters. The third kappa shape index (κ3) is 2.75. The van der Waals surface area contributed by atoms with Gasteiger partial charge < -0.3 is 5.73 Å². The number of hydrogen-bond donors (Lipinski definition) is 1. The summed E-state index contributed by atoms with van der Waals surface area (Å²) in [6, 6.07) is 15.4. The highest BCUT2D eigenvalue weighted by Gasteiger charge is 2.45. The molecule has 0 radical (unpaired) electrons. The van der Waals surface area contributed by atoms with Gasteiger partial charge in [0.15, 0.2) is 0 Å². The number of nitrogens with zero attached hydrogens (tertiary/aromatic N) is 1. The molecule has 1 aliphatic carbocycles. The van der Waals surface area contributed by atoms with Gasteiger partial charge in [0, 0.05) is 11.6 Å². The van der Waals surface area contributed by atoms with Crippen molar-refractivity contribution >= 4 is 0 Å². The molecule has 2 aromatic rings. The lowest BCUT2D eigenvalue weighted by atomic mass is 9.94. The van der Waals surface area contributed by atoms with Crippen LogP contribution in [0.5, 0.6) is 0 Å². The first-order valence-electron chi connectivity index (χ1n) is 7.60. The van der Waals surface area contributed by atoms with Crippen LogP contribution in [0.3, 0.4) is 0 Å².